The molecule has 0 aliphatic rings. The molecule has 1 rings (SSSR count). The van der Waals surface area contributed by atoms with Gasteiger partial charge in [-0.25, -0.2) is 4.57 Å². The fourth-order valence-corrected chi connectivity index (χ4v) is 0.364. The summed E-state index contributed by atoms with van der Waals surface area (Å²) >= 11 is 0. The van der Waals surface area contributed by atoms with Gasteiger partial charge in [-0.05, 0) is 0 Å². The van der Waals surface area contributed by atoms with Gasteiger partial charge in [-0.1, -0.05) is 0 Å². The van der Waals surface area contributed by atoms with Crippen molar-refractivity contribution in [2.45, 2.75) is 0 Å². The Morgan fingerprint density at radius 3 is 2.43 bits per heavy atom. The SMILES string of the molecule is Cn1cc[nH+]c1.[Pd+2]. The van der Waals surface area contributed by atoms with Crippen molar-refractivity contribution < 1.29 is 25.4 Å². The van der Waals surface area contributed by atoms with Gasteiger partial charge in [0, 0.05) is 0 Å². The number of rotatable bonds is 0. The Bertz CT molecular complexity index is 113. The monoisotopic (exact) mass is 189 g/mol. The van der Waals surface area contributed by atoms with Crippen molar-refractivity contribution in [3.63, 3.8) is 0 Å². The first-order valence-electron chi connectivity index (χ1n) is 1.87. The van der Waals surface area contributed by atoms with E-state index in [1.807, 2.05) is 30.3 Å². The van der Waals surface area contributed by atoms with Crippen LogP contribution in [0.2, 0.25) is 0 Å². The molecule has 1 N–H and O–H groups in total. The summed E-state index contributed by atoms with van der Waals surface area (Å²) in [5.74, 6) is 0. The number of H-pyrrole nitrogens is 1. The van der Waals surface area contributed by atoms with Crippen molar-refractivity contribution in [2.24, 2.45) is 7.05 Å². The third kappa shape index (κ3) is 1.86. The minimum Gasteiger partial charge on any atom is -0.250 e. The van der Waals surface area contributed by atoms with E-state index in [-0.39, 0.29) is 20.4 Å². The molecule has 0 aromatic carbocycles. The molecule has 0 fully saturated rings. The fourth-order valence-electron chi connectivity index (χ4n) is 0.364. The summed E-state index contributed by atoms with van der Waals surface area (Å²) in [5, 5.41) is 0. The third-order valence-corrected chi connectivity index (χ3v) is 0.684. The number of aromatic amines is 1. The van der Waals surface area contributed by atoms with Crippen LogP contribution in [0.4, 0.5) is 0 Å². The maximum Gasteiger partial charge on any atom is 2.00 e. The maximum atomic E-state index is 2.89. The first-order valence-corrected chi connectivity index (χ1v) is 1.87. The van der Waals surface area contributed by atoms with Gasteiger partial charge in [0.1, 0.15) is 12.4 Å². The molecule has 3 heteroatoms. The fraction of sp³-hybridized carbons (Fsp3) is 0.250. The Labute approximate surface area is 56.2 Å². The average molecular weight is 190 g/mol. The molecule has 0 saturated carbocycles. The van der Waals surface area contributed by atoms with Crippen molar-refractivity contribution in [1.29, 1.82) is 0 Å². The summed E-state index contributed by atoms with van der Waals surface area (Å²) in [6.07, 6.45) is 5.69. The zero-order valence-electron chi connectivity index (χ0n) is 4.00. The molecule has 0 radical (unpaired) electrons. The molecule has 0 spiro atoms. The molecule has 7 heavy (non-hydrogen) atoms. The zero-order chi connectivity index (χ0) is 4.41. The van der Waals surface area contributed by atoms with Crippen LogP contribution >= 0.6 is 0 Å². The minimum atomic E-state index is 0. The van der Waals surface area contributed by atoms with Gasteiger partial charge >= 0.3 is 20.4 Å². The number of nitrogens with zero attached hydrogens (tertiary/aromatic N) is 1. The number of aromatic nitrogens is 2. The molecule has 1 heterocycles. The van der Waals surface area contributed by atoms with Crippen molar-refractivity contribution >= 4 is 0 Å². The molecular weight excluding hydrogens is 182 g/mol. The van der Waals surface area contributed by atoms with Gasteiger partial charge in [-0.15, -0.1) is 0 Å². The van der Waals surface area contributed by atoms with E-state index in [0.29, 0.717) is 0 Å². The Morgan fingerprint density at radius 1 is 1.57 bits per heavy atom. The van der Waals surface area contributed by atoms with E-state index in [1.54, 1.807) is 0 Å². The van der Waals surface area contributed by atoms with Gasteiger partial charge < -0.3 is 0 Å². The van der Waals surface area contributed by atoms with Gasteiger partial charge in [0.05, 0.1) is 7.05 Å². The predicted octanol–water partition coefficient (Wildman–Crippen LogP) is -0.163. The van der Waals surface area contributed by atoms with Crippen molar-refractivity contribution in [3.05, 3.63) is 18.7 Å². The summed E-state index contributed by atoms with van der Waals surface area (Å²) in [4.78, 5) is 2.89. The van der Waals surface area contributed by atoms with Crippen LogP contribution < -0.4 is 4.98 Å². The van der Waals surface area contributed by atoms with E-state index in [2.05, 4.69) is 4.98 Å². The Kier molecular flexibility index (Phi) is 2.90. The van der Waals surface area contributed by atoms with E-state index in [9.17, 15) is 0 Å². The average Bonchev–Trinajstić information content (AvgIpc) is 1.86. The normalized spacial score (nSPS) is 7.57. The second kappa shape index (κ2) is 2.95. The maximum absolute atomic E-state index is 2.89. The summed E-state index contributed by atoms with van der Waals surface area (Å²) in [5.41, 5.74) is 0. The summed E-state index contributed by atoms with van der Waals surface area (Å²) in [6, 6.07) is 0. The Morgan fingerprint density at radius 2 is 2.29 bits per heavy atom. The van der Waals surface area contributed by atoms with E-state index < -0.39 is 0 Å². The first kappa shape index (κ1) is 6.87. The molecule has 0 atom stereocenters. The van der Waals surface area contributed by atoms with Crippen molar-refractivity contribution in [1.82, 2.24) is 4.57 Å². The largest absolute Gasteiger partial charge is 2.00 e. The summed E-state index contributed by atoms with van der Waals surface area (Å²) in [6.45, 7) is 0. The van der Waals surface area contributed by atoms with Crippen molar-refractivity contribution in [3.8, 4) is 0 Å². The molecule has 0 aliphatic carbocycles. The molecule has 0 bridgehead atoms. The van der Waals surface area contributed by atoms with Gasteiger partial charge in [-0.3, -0.25) is 4.98 Å². The van der Waals surface area contributed by atoms with Crippen LogP contribution in [0.1, 0.15) is 0 Å². The topological polar surface area (TPSA) is 19.1 Å². The number of imidazole rings is 1. The third-order valence-electron chi connectivity index (χ3n) is 0.684. The van der Waals surface area contributed by atoms with E-state index >= 15 is 0 Å². The Balaban J connectivity index is 0.000000360. The molecular formula is C4H7N2Pd+3. The smallest absolute Gasteiger partial charge is 0.250 e. The second-order valence-electron chi connectivity index (χ2n) is 1.28. The number of aryl methyl sites for hydroxylation is 1. The van der Waals surface area contributed by atoms with Gasteiger partial charge in [0.15, 0.2) is 0 Å². The van der Waals surface area contributed by atoms with Crippen LogP contribution in [0.3, 0.4) is 0 Å². The molecule has 1 aromatic heterocycles. The molecule has 0 saturated heterocycles. The van der Waals surface area contributed by atoms with Crippen LogP contribution in [-0.2, 0) is 27.5 Å². The number of hydrogen-bond donors (Lipinski definition) is 0. The van der Waals surface area contributed by atoms with E-state index in [1.165, 1.54) is 0 Å². The van der Waals surface area contributed by atoms with Crippen molar-refractivity contribution in [2.75, 3.05) is 0 Å². The standard InChI is InChI=1S/C4H6N2.Pd/c1-6-3-2-5-4-6;/h2-4H,1H3;/q;+2/p+1. The molecule has 2 nitrogen and oxygen atoms in total. The summed E-state index contributed by atoms with van der Waals surface area (Å²) in [7, 11) is 1.97. The van der Waals surface area contributed by atoms with Crippen LogP contribution in [0, 0.1) is 0 Å². The number of hydrogen-bond acceptors (Lipinski definition) is 0. The predicted molar refractivity (Wildman–Crippen MR) is 22.0 cm³/mol. The van der Waals surface area contributed by atoms with Gasteiger partial charge in [-0.2, -0.15) is 0 Å². The van der Waals surface area contributed by atoms with E-state index in [0.717, 1.165) is 0 Å². The molecule has 0 amide bonds. The second-order valence-corrected chi connectivity index (χ2v) is 1.28. The van der Waals surface area contributed by atoms with Gasteiger partial charge in [0.2, 0.25) is 6.33 Å². The van der Waals surface area contributed by atoms with Crippen LogP contribution in [0.5, 0.6) is 0 Å². The number of nitrogens with one attached hydrogen (secondary N) is 1. The van der Waals surface area contributed by atoms with Crippen LogP contribution in [-0.4, -0.2) is 4.57 Å². The van der Waals surface area contributed by atoms with E-state index in [4.69, 9.17) is 0 Å². The van der Waals surface area contributed by atoms with Gasteiger partial charge in [0.25, 0.3) is 0 Å². The molecule has 0 unspecified atom stereocenters. The van der Waals surface area contributed by atoms with Crippen LogP contribution in [0.25, 0.3) is 0 Å². The quantitative estimate of drug-likeness (QED) is 0.505. The van der Waals surface area contributed by atoms with Crippen LogP contribution in [0.15, 0.2) is 18.7 Å². The zero-order valence-corrected chi connectivity index (χ0v) is 5.55. The molecule has 1 aromatic rings. The first-order chi connectivity index (χ1) is 2.89. The Hall–Kier alpha value is -0.128. The minimum absolute atomic E-state index is 0. The summed E-state index contributed by atoms with van der Waals surface area (Å²) < 4.78 is 1.94. The molecule has 0 aliphatic heterocycles. The molecule has 40 valence electrons.